The lowest BCUT2D eigenvalue weighted by Crippen LogP contribution is -1.94. The van der Waals surface area contributed by atoms with Crippen molar-refractivity contribution in [3.05, 3.63) is 10.5 Å². The van der Waals surface area contributed by atoms with Crippen LogP contribution in [0.3, 0.4) is 0 Å². The first kappa shape index (κ1) is 5.97. The van der Waals surface area contributed by atoms with E-state index >= 15 is 0 Å². The monoisotopic (exact) mass is 153 g/mol. The first-order valence-electron chi connectivity index (χ1n) is 3.27. The minimum atomic E-state index is 0.967. The fraction of sp³-hybridized carbons (Fsp3) is 0.500. The van der Waals surface area contributed by atoms with E-state index in [1.54, 1.807) is 16.8 Å². The van der Waals surface area contributed by atoms with Gasteiger partial charge in [0.25, 0.3) is 0 Å². The average molecular weight is 153 g/mol. The van der Waals surface area contributed by atoms with Crippen LogP contribution in [0.15, 0.2) is 10.5 Å². The van der Waals surface area contributed by atoms with Crippen molar-refractivity contribution in [3.63, 3.8) is 0 Å². The molecule has 1 aromatic rings. The summed E-state index contributed by atoms with van der Waals surface area (Å²) in [5.41, 5.74) is 2.89. The van der Waals surface area contributed by atoms with Crippen LogP contribution in [0, 0.1) is 0 Å². The van der Waals surface area contributed by atoms with E-state index in [1.807, 2.05) is 0 Å². The molecule has 0 bridgehead atoms. The van der Waals surface area contributed by atoms with Crippen molar-refractivity contribution in [3.8, 4) is 0 Å². The standard InChI is InChI=1S/C6H7N3S/c1-2-5(7-3-1)6-9-8-4-10-6/h4H,1-3H2. The van der Waals surface area contributed by atoms with E-state index in [2.05, 4.69) is 15.2 Å². The lowest BCUT2D eigenvalue weighted by molar-refractivity contribution is 0.950. The van der Waals surface area contributed by atoms with Crippen molar-refractivity contribution in [2.75, 3.05) is 6.54 Å². The first-order chi connectivity index (χ1) is 4.97. The van der Waals surface area contributed by atoms with E-state index in [0.29, 0.717) is 0 Å². The van der Waals surface area contributed by atoms with Gasteiger partial charge in [-0.15, -0.1) is 10.2 Å². The Morgan fingerprint density at radius 3 is 3.10 bits per heavy atom. The van der Waals surface area contributed by atoms with Gasteiger partial charge in [0, 0.05) is 6.54 Å². The molecule has 0 amide bonds. The summed E-state index contributed by atoms with van der Waals surface area (Å²) >= 11 is 1.57. The van der Waals surface area contributed by atoms with Gasteiger partial charge in [0.15, 0.2) is 5.01 Å². The van der Waals surface area contributed by atoms with Gasteiger partial charge in [-0.05, 0) is 12.8 Å². The molecule has 0 fully saturated rings. The zero-order chi connectivity index (χ0) is 6.81. The van der Waals surface area contributed by atoms with E-state index in [-0.39, 0.29) is 0 Å². The highest BCUT2D eigenvalue weighted by Gasteiger charge is 2.10. The molecule has 10 heavy (non-hydrogen) atoms. The van der Waals surface area contributed by atoms with Gasteiger partial charge < -0.3 is 0 Å². The zero-order valence-electron chi connectivity index (χ0n) is 5.45. The molecule has 0 saturated heterocycles. The topological polar surface area (TPSA) is 38.1 Å². The van der Waals surface area contributed by atoms with E-state index in [9.17, 15) is 0 Å². The molecule has 0 unspecified atom stereocenters. The largest absolute Gasteiger partial charge is 0.287 e. The Bertz CT molecular complexity index is 240. The van der Waals surface area contributed by atoms with Crippen LogP contribution in [0.2, 0.25) is 0 Å². The maximum atomic E-state index is 4.30. The summed E-state index contributed by atoms with van der Waals surface area (Å²) in [6, 6.07) is 0. The summed E-state index contributed by atoms with van der Waals surface area (Å²) in [4.78, 5) is 4.30. The predicted molar refractivity (Wildman–Crippen MR) is 40.5 cm³/mol. The summed E-state index contributed by atoms with van der Waals surface area (Å²) in [5, 5.41) is 8.69. The van der Waals surface area contributed by atoms with Gasteiger partial charge in [-0.3, -0.25) is 4.99 Å². The van der Waals surface area contributed by atoms with Crippen LogP contribution >= 0.6 is 11.3 Å². The highest BCUT2D eigenvalue weighted by Crippen LogP contribution is 2.13. The van der Waals surface area contributed by atoms with Crippen LogP contribution in [0.5, 0.6) is 0 Å². The van der Waals surface area contributed by atoms with Gasteiger partial charge in [-0.25, -0.2) is 0 Å². The summed E-state index contributed by atoms with van der Waals surface area (Å²) in [6.45, 7) is 0.967. The average Bonchev–Trinajstić information content (AvgIpc) is 2.59. The fourth-order valence-corrected chi connectivity index (χ4v) is 1.60. The highest BCUT2D eigenvalue weighted by atomic mass is 32.1. The quantitative estimate of drug-likeness (QED) is 0.606. The van der Waals surface area contributed by atoms with Crippen molar-refractivity contribution < 1.29 is 0 Å². The Labute approximate surface area is 62.8 Å². The van der Waals surface area contributed by atoms with Crippen molar-refractivity contribution >= 4 is 17.0 Å². The van der Waals surface area contributed by atoms with Crippen LogP contribution in [-0.4, -0.2) is 22.5 Å². The molecule has 1 aliphatic rings. The van der Waals surface area contributed by atoms with Crippen molar-refractivity contribution in [2.45, 2.75) is 12.8 Å². The molecule has 4 heteroatoms. The number of rotatable bonds is 1. The molecule has 2 heterocycles. The van der Waals surface area contributed by atoms with E-state index in [4.69, 9.17) is 0 Å². The van der Waals surface area contributed by atoms with E-state index < -0.39 is 0 Å². The Morgan fingerprint density at radius 1 is 1.50 bits per heavy atom. The van der Waals surface area contributed by atoms with Crippen molar-refractivity contribution in [1.82, 2.24) is 10.2 Å². The van der Waals surface area contributed by atoms with Crippen molar-refractivity contribution in [2.24, 2.45) is 4.99 Å². The number of nitrogens with zero attached hydrogens (tertiary/aromatic N) is 3. The van der Waals surface area contributed by atoms with Gasteiger partial charge in [0.2, 0.25) is 0 Å². The summed E-state index contributed by atoms with van der Waals surface area (Å²) in [6.07, 6.45) is 2.25. The number of hydrogen-bond acceptors (Lipinski definition) is 4. The minimum Gasteiger partial charge on any atom is -0.287 e. The molecule has 0 spiro atoms. The van der Waals surface area contributed by atoms with Crippen LogP contribution in [-0.2, 0) is 0 Å². The van der Waals surface area contributed by atoms with Crippen LogP contribution in [0.25, 0.3) is 0 Å². The van der Waals surface area contributed by atoms with E-state index in [0.717, 1.165) is 23.7 Å². The predicted octanol–water partition coefficient (Wildman–Crippen LogP) is 1.12. The van der Waals surface area contributed by atoms with Crippen LogP contribution in [0.1, 0.15) is 17.8 Å². The third-order valence-electron chi connectivity index (χ3n) is 1.48. The van der Waals surface area contributed by atoms with E-state index in [1.165, 1.54) is 6.42 Å². The number of aromatic nitrogens is 2. The summed E-state index contributed by atoms with van der Waals surface area (Å²) < 4.78 is 0. The zero-order valence-corrected chi connectivity index (χ0v) is 6.27. The Kier molecular flexibility index (Phi) is 1.47. The second-order valence-electron chi connectivity index (χ2n) is 2.18. The number of aliphatic imine (C=N–C) groups is 1. The lowest BCUT2D eigenvalue weighted by Gasteiger charge is -1.87. The normalized spacial score (nSPS) is 17.4. The highest BCUT2D eigenvalue weighted by molar-refractivity contribution is 7.11. The molecule has 2 rings (SSSR count). The Morgan fingerprint density at radius 2 is 2.50 bits per heavy atom. The molecule has 0 N–H and O–H groups in total. The number of hydrogen-bond donors (Lipinski definition) is 0. The fourth-order valence-electron chi connectivity index (χ4n) is 1.01. The molecule has 0 saturated carbocycles. The lowest BCUT2D eigenvalue weighted by atomic mass is 10.3. The minimum absolute atomic E-state index is 0.967. The Hall–Kier alpha value is -0.770. The first-order valence-corrected chi connectivity index (χ1v) is 4.14. The van der Waals surface area contributed by atoms with Gasteiger partial charge in [-0.2, -0.15) is 0 Å². The maximum Gasteiger partial charge on any atom is 0.161 e. The van der Waals surface area contributed by atoms with Gasteiger partial charge >= 0.3 is 0 Å². The third-order valence-corrected chi connectivity index (χ3v) is 2.22. The van der Waals surface area contributed by atoms with Gasteiger partial charge in [-0.1, -0.05) is 11.3 Å². The second kappa shape index (κ2) is 2.46. The van der Waals surface area contributed by atoms with Crippen LogP contribution < -0.4 is 0 Å². The molecule has 1 aromatic heterocycles. The summed E-state index contributed by atoms with van der Waals surface area (Å²) in [5.74, 6) is 0. The molecular weight excluding hydrogens is 146 g/mol. The molecule has 0 aliphatic carbocycles. The summed E-state index contributed by atoms with van der Waals surface area (Å²) in [7, 11) is 0. The third kappa shape index (κ3) is 0.945. The smallest absolute Gasteiger partial charge is 0.161 e. The van der Waals surface area contributed by atoms with Gasteiger partial charge in [0.1, 0.15) is 5.51 Å². The van der Waals surface area contributed by atoms with Gasteiger partial charge in [0.05, 0.1) is 5.71 Å². The maximum absolute atomic E-state index is 4.30. The molecular formula is C6H7N3S. The molecule has 3 nitrogen and oxygen atoms in total. The SMILES string of the molecule is c1nnc(C2=NCCC2)s1. The second-order valence-corrected chi connectivity index (χ2v) is 3.01. The molecule has 0 radical (unpaired) electrons. The Balaban J connectivity index is 2.28. The molecule has 1 aliphatic heterocycles. The molecule has 52 valence electrons. The van der Waals surface area contributed by atoms with Crippen molar-refractivity contribution in [1.29, 1.82) is 0 Å². The van der Waals surface area contributed by atoms with Crippen LogP contribution in [0.4, 0.5) is 0 Å². The molecule has 0 aromatic carbocycles. The molecule has 0 atom stereocenters.